The molecular formula is C13H15N3O4. The molecule has 0 bridgehead atoms. The van der Waals surface area contributed by atoms with E-state index < -0.39 is 10.8 Å². The number of carbonyl (C=O) groups excluding carboxylic acids is 1. The molecule has 1 amide bonds. The zero-order valence-electron chi connectivity index (χ0n) is 10.8. The number of ether oxygens (including phenoxy) is 1. The molecule has 0 atom stereocenters. The van der Waals surface area contributed by atoms with Crippen LogP contribution in [0, 0.1) is 10.1 Å². The Balaban J connectivity index is 2.32. The summed E-state index contributed by atoms with van der Waals surface area (Å²) in [4.78, 5) is 23.4. The number of nitrogens with zero attached hydrogens (tertiary/aromatic N) is 2. The minimum atomic E-state index is -0.593. The van der Waals surface area contributed by atoms with Crippen LogP contribution < -0.4 is 10.6 Å². The summed E-state index contributed by atoms with van der Waals surface area (Å²) in [6.45, 7) is 2.36. The smallest absolute Gasteiger partial charge is 0.293 e. The van der Waals surface area contributed by atoms with Crippen molar-refractivity contribution in [2.24, 2.45) is 5.73 Å². The van der Waals surface area contributed by atoms with Crippen LogP contribution in [0.5, 0.6) is 0 Å². The molecule has 1 saturated heterocycles. The van der Waals surface area contributed by atoms with E-state index in [1.54, 1.807) is 12.1 Å². The van der Waals surface area contributed by atoms with Crippen molar-refractivity contribution in [2.45, 2.75) is 0 Å². The fourth-order valence-corrected chi connectivity index (χ4v) is 2.04. The molecule has 0 unspecified atom stereocenters. The molecule has 106 valence electrons. The van der Waals surface area contributed by atoms with Crippen molar-refractivity contribution in [3.05, 3.63) is 40.0 Å². The maximum Gasteiger partial charge on any atom is 0.293 e. The van der Waals surface area contributed by atoms with Crippen molar-refractivity contribution < 1.29 is 14.5 Å². The average molecular weight is 277 g/mol. The Kier molecular flexibility index (Phi) is 4.31. The quantitative estimate of drug-likeness (QED) is 0.501. The number of hydrogen-bond donors (Lipinski definition) is 1. The van der Waals surface area contributed by atoms with E-state index in [-0.39, 0.29) is 5.69 Å². The van der Waals surface area contributed by atoms with Crippen molar-refractivity contribution in [3.63, 3.8) is 0 Å². The van der Waals surface area contributed by atoms with Gasteiger partial charge in [-0.1, -0.05) is 6.07 Å². The molecule has 1 aromatic carbocycles. The first kappa shape index (κ1) is 14.0. The maximum atomic E-state index is 11.2. The summed E-state index contributed by atoms with van der Waals surface area (Å²) in [7, 11) is 0. The molecule has 0 spiro atoms. The van der Waals surface area contributed by atoms with Gasteiger partial charge in [-0.3, -0.25) is 14.9 Å². The van der Waals surface area contributed by atoms with Crippen LogP contribution in [0.2, 0.25) is 0 Å². The van der Waals surface area contributed by atoms with Gasteiger partial charge in [-0.25, -0.2) is 0 Å². The van der Waals surface area contributed by atoms with Gasteiger partial charge >= 0.3 is 0 Å². The van der Waals surface area contributed by atoms with E-state index in [9.17, 15) is 14.9 Å². The Morgan fingerprint density at radius 3 is 2.70 bits per heavy atom. The van der Waals surface area contributed by atoms with Gasteiger partial charge in [0.2, 0.25) is 5.91 Å². The van der Waals surface area contributed by atoms with E-state index in [0.717, 1.165) is 0 Å². The Bertz CT molecular complexity index is 551. The summed E-state index contributed by atoms with van der Waals surface area (Å²) in [6.07, 6.45) is 2.63. The van der Waals surface area contributed by atoms with Crippen LogP contribution >= 0.6 is 0 Å². The SMILES string of the molecule is NC(=O)/C=C\c1ccc(N2CCOCC2)c([N+](=O)[O-])c1. The molecule has 1 aliphatic rings. The molecule has 20 heavy (non-hydrogen) atoms. The number of nitro benzene ring substituents is 1. The summed E-state index contributed by atoms with van der Waals surface area (Å²) in [6, 6.07) is 4.84. The van der Waals surface area contributed by atoms with Crippen molar-refractivity contribution in [3.8, 4) is 0 Å². The molecule has 1 heterocycles. The minimum absolute atomic E-state index is 0.0125. The molecule has 7 nitrogen and oxygen atoms in total. The van der Waals surface area contributed by atoms with Crippen molar-refractivity contribution >= 4 is 23.4 Å². The number of amides is 1. The second-order valence-corrected chi connectivity index (χ2v) is 4.34. The number of hydrogen-bond acceptors (Lipinski definition) is 5. The highest BCUT2D eigenvalue weighted by Crippen LogP contribution is 2.30. The molecule has 0 aliphatic carbocycles. The summed E-state index contributed by atoms with van der Waals surface area (Å²) in [5.41, 5.74) is 6.14. The zero-order valence-corrected chi connectivity index (χ0v) is 10.8. The van der Waals surface area contributed by atoms with Crippen molar-refractivity contribution in [1.29, 1.82) is 0 Å². The van der Waals surface area contributed by atoms with Crippen LogP contribution in [0.3, 0.4) is 0 Å². The van der Waals surface area contributed by atoms with E-state index in [0.29, 0.717) is 37.6 Å². The monoisotopic (exact) mass is 277 g/mol. The number of benzene rings is 1. The first-order valence-corrected chi connectivity index (χ1v) is 6.16. The molecule has 1 aromatic rings. The van der Waals surface area contributed by atoms with Gasteiger partial charge in [0.05, 0.1) is 18.1 Å². The highest BCUT2D eigenvalue weighted by atomic mass is 16.6. The summed E-state index contributed by atoms with van der Waals surface area (Å²) in [5, 5.41) is 11.2. The van der Waals surface area contributed by atoms with Crippen LogP contribution in [0.4, 0.5) is 11.4 Å². The lowest BCUT2D eigenvalue weighted by molar-refractivity contribution is -0.384. The van der Waals surface area contributed by atoms with Crippen LogP contribution in [-0.4, -0.2) is 37.1 Å². The molecule has 1 fully saturated rings. The van der Waals surface area contributed by atoms with Gasteiger partial charge in [-0.2, -0.15) is 0 Å². The molecule has 0 radical (unpaired) electrons. The minimum Gasteiger partial charge on any atom is -0.378 e. The second kappa shape index (κ2) is 6.16. The van der Waals surface area contributed by atoms with Gasteiger partial charge < -0.3 is 15.4 Å². The Morgan fingerprint density at radius 1 is 1.40 bits per heavy atom. The number of primary amides is 1. The molecule has 2 N–H and O–H groups in total. The number of nitro groups is 1. The van der Waals surface area contributed by atoms with Crippen LogP contribution in [0.1, 0.15) is 5.56 Å². The predicted molar refractivity (Wildman–Crippen MR) is 74.4 cm³/mol. The zero-order chi connectivity index (χ0) is 14.5. The van der Waals surface area contributed by atoms with Gasteiger partial charge in [-0.05, 0) is 17.7 Å². The first-order valence-electron chi connectivity index (χ1n) is 6.16. The second-order valence-electron chi connectivity index (χ2n) is 4.34. The fourth-order valence-electron chi connectivity index (χ4n) is 2.04. The van der Waals surface area contributed by atoms with Crippen LogP contribution in [0.25, 0.3) is 6.08 Å². The maximum absolute atomic E-state index is 11.2. The predicted octanol–water partition coefficient (Wildman–Crippen LogP) is 0.930. The Hall–Kier alpha value is -2.41. The van der Waals surface area contributed by atoms with E-state index >= 15 is 0 Å². The molecule has 0 aromatic heterocycles. The van der Waals surface area contributed by atoms with E-state index in [1.807, 2.05) is 4.90 Å². The van der Waals surface area contributed by atoms with Gasteiger partial charge in [0.15, 0.2) is 0 Å². The van der Waals surface area contributed by atoms with Crippen molar-refractivity contribution in [2.75, 3.05) is 31.2 Å². The molecule has 1 aliphatic heterocycles. The molecule has 2 rings (SSSR count). The van der Waals surface area contributed by atoms with E-state index in [2.05, 4.69) is 0 Å². The molecule has 7 heteroatoms. The first-order chi connectivity index (χ1) is 9.58. The van der Waals surface area contributed by atoms with Gasteiger partial charge in [0.1, 0.15) is 5.69 Å². The van der Waals surface area contributed by atoms with Gasteiger partial charge in [-0.15, -0.1) is 0 Å². The third kappa shape index (κ3) is 3.33. The largest absolute Gasteiger partial charge is 0.378 e. The standard InChI is InChI=1S/C13H15N3O4/c14-13(17)4-2-10-1-3-11(12(9-10)16(18)19)15-5-7-20-8-6-15/h1-4,9H,5-8H2,(H2,14,17)/b4-2-. The molecular weight excluding hydrogens is 262 g/mol. The number of rotatable bonds is 4. The number of carbonyl (C=O) groups is 1. The van der Waals surface area contributed by atoms with Gasteiger partial charge in [0, 0.05) is 25.2 Å². The lowest BCUT2D eigenvalue weighted by Gasteiger charge is -2.28. The van der Waals surface area contributed by atoms with E-state index in [4.69, 9.17) is 10.5 Å². The third-order valence-corrected chi connectivity index (χ3v) is 2.99. The van der Waals surface area contributed by atoms with Crippen molar-refractivity contribution in [1.82, 2.24) is 0 Å². The Morgan fingerprint density at radius 2 is 2.10 bits per heavy atom. The average Bonchev–Trinajstić information content (AvgIpc) is 2.45. The van der Waals surface area contributed by atoms with Gasteiger partial charge in [0.25, 0.3) is 5.69 Å². The number of nitrogens with two attached hydrogens (primary N) is 1. The van der Waals surface area contributed by atoms with Crippen LogP contribution in [-0.2, 0) is 9.53 Å². The highest BCUT2D eigenvalue weighted by Gasteiger charge is 2.21. The fraction of sp³-hybridized carbons (Fsp3) is 0.308. The topological polar surface area (TPSA) is 98.7 Å². The molecule has 0 saturated carbocycles. The Labute approximate surface area is 115 Å². The number of morpholine rings is 1. The van der Waals surface area contributed by atoms with E-state index in [1.165, 1.54) is 18.2 Å². The highest BCUT2D eigenvalue weighted by molar-refractivity contribution is 5.90. The normalized spacial score (nSPS) is 15.5. The lowest BCUT2D eigenvalue weighted by Crippen LogP contribution is -2.36. The lowest BCUT2D eigenvalue weighted by atomic mass is 10.1. The summed E-state index contributed by atoms with van der Waals surface area (Å²) < 4.78 is 5.24. The third-order valence-electron chi connectivity index (χ3n) is 2.99. The summed E-state index contributed by atoms with van der Waals surface area (Å²) in [5.74, 6) is -0.593. The number of anilines is 1. The van der Waals surface area contributed by atoms with Crippen LogP contribution in [0.15, 0.2) is 24.3 Å². The summed E-state index contributed by atoms with van der Waals surface area (Å²) >= 11 is 0.